The van der Waals surface area contributed by atoms with Crippen molar-refractivity contribution < 1.29 is 0 Å². The fraction of sp³-hybridized carbons (Fsp3) is 0.158. The van der Waals surface area contributed by atoms with Crippen molar-refractivity contribution in [3.63, 3.8) is 0 Å². The van der Waals surface area contributed by atoms with Gasteiger partial charge in [-0.25, -0.2) is 9.97 Å². The summed E-state index contributed by atoms with van der Waals surface area (Å²) in [6.07, 6.45) is 0.942. The molecule has 3 aromatic rings. The lowest BCUT2D eigenvalue weighted by atomic mass is 10.1. The van der Waals surface area contributed by atoms with Crippen LogP contribution in [0.25, 0.3) is 0 Å². The fourth-order valence-corrected chi connectivity index (χ4v) is 2.59. The number of benzene rings is 2. The minimum Gasteiger partial charge on any atom is -0.370 e. The van der Waals surface area contributed by atoms with Gasteiger partial charge in [-0.1, -0.05) is 54.1 Å². The van der Waals surface area contributed by atoms with E-state index in [0.717, 1.165) is 30.3 Å². The molecule has 1 heterocycles. The van der Waals surface area contributed by atoms with E-state index in [1.54, 1.807) is 0 Å². The number of rotatable bonds is 6. The molecule has 0 aliphatic rings. The molecule has 0 aliphatic carbocycles. The zero-order valence-corrected chi connectivity index (χ0v) is 14.2. The van der Waals surface area contributed by atoms with Crippen molar-refractivity contribution >= 4 is 28.9 Å². The quantitative estimate of drug-likeness (QED) is 0.675. The fourth-order valence-electron chi connectivity index (χ4n) is 2.40. The van der Waals surface area contributed by atoms with Gasteiger partial charge in [-0.15, -0.1) is 0 Å². The number of aryl methyl sites for hydroxylation is 1. The summed E-state index contributed by atoms with van der Waals surface area (Å²) in [5.74, 6) is 2.22. The van der Waals surface area contributed by atoms with Crippen LogP contribution in [0.15, 0.2) is 60.7 Å². The molecule has 0 unspecified atom stereocenters. The lowest BCUT2D eigenvalue weighted by Crippen LogP contribution is -2.08. The summed E-state index contributed by atoms with van der Waals surface area (Å²) in [5, 5.41) is 7.25. The summed E-state index contributed by atoms with van der Waals surface area (Å²) in [5.41, 5.74) is 2.12. The summed E-state index contributed by atoms with van der Waals surface area (Å²) in [6, 6.07) is 19.9. The first-order valence-electron chi connectivity index (χ1n) is 7.86. The van der Waals surface area contributed by atoms with Crippen LogP contribution in [0.4, 0.5) is 17.3 Å². The number of hydrogen-bond acceptors (Lipinski definition) is 4. The third-order valence-corrected chi connectivity index (χ3v) is 3.87. The Morgan fingerprint density at radius 3 is 2.42 bits per heavy atom. The van der Waals surface area contributed by atoms with Gasteiger partial charge in [0.2, 0.25) is 0 Å². The number of para-hydroxylation sites is 1. The number of nitrogens with one attached hydrogen (secondary N) is 2. The largest absolute Gasteiger partial charge is 0.370 e. The van der Waals surface area contributed by atoms with Gasteiger partial charge in [-0.2, -0.15) is 0 Å². The topological polar surface area (TPSA) is 49.8 Å². The van der Waals surface area contributed by atoms with E-state index in [-0.39, 0.29) is 0 Å². The predicted octanol–water partition coefficient (Wildman–Crippen LogP) is 4.84. The van der Waals surface area contributed by atoms with Crippen LogP contribution in [-0.4, -0.2) is 16.5 Å². The number of halogens is 1. The van der Waals surface area contributed by atoms with Crippen molar-refractivity contribution in [2.24, 2.45) is 0 Å². The molecule has 0 amide bonds. The van der Waals surface area contributed by atoms with Crippen LogP contribution < -0.4 is 10.6 Å². The van der Waals surface area contributed by atoms with Gasteiger partial charge in [0.05, 0.1) is 10.7 Å². The molecular weight excluding hydrogens is 320 g/mol. The smallest absolute Gasteiger partial charge is 0.136 e. The van der Waals surface area contributed by atoms with Crippen molar-refractivity contribution in [1.29, 1.82) is 0 Å². The highest BCUT2D eigenvalue weighted by Gasteiger charge is 2.04. The zero-order valence-electron chi connectivity index (χ0n) is 13.5. The minimum atomic E-state index is 0.660. The second-order valence-corrected chi connectivity index (χ2v) is 5.86. The van der Waals surface area contributed by atoms with Gasteiger partial charge in [-0.3, -0.25) is 0 Å². The van der Waals surface area contributed by atoms with E-state index in [0.29, 0.717) is 10.8 Å². The molecule has 0 saturated heterocycles. The van der Waals surface area contributed by atoms with E-state index in [2.05, 4.69) is 44.9 Å². The van der Waals surface area contributed by atoms with Crippen LogP contribution in [0.5, 0.6) is 0 Å². The molecule has 0 saturated carbocycles. The van der Waals surface area contributed by atoms with Crippen LogP contribution in [0.2, 0.25) is 5.02 Å². The molecule has 3 rings (SSSR count). The van der Waals surface area contributed by atoms with Crippen molar-refractivity contribution in [3.8, 4) is 0 Å². The van der Waals surface area contributed by atoms with Gasteiger partial charge >= 0.3 is 0 Å². The summed E-state index contributed by atoms with van der Waals surface area (Å²) < 4.78 is 0. The molecule has 0 aliphatic heterocycles. The highest BCUT2D eigenvalue weighted by atomic mass is 35.5. The number of nitrogens with zero attached hydrogens (tertiary/aromatic N) is 2. The molecule has 1 aromatic heterocycles. The molecule has 5 heteroatoms. The van der Waals surface area contributed by atoms with E-state index in [9.17, 15) is 0 Å². The first kappa shape index (κ1) is 16.3. The van der Waals surface area contributed by atoms with E-state index in [1.807, 2.05) is 43.3 Å². The maximum atomic E-state index is 6.18. The normalized spacial score (nSPS) is 10.4. The molecule has 24 heavy (non-hydrogen) atoms. The summed E-state index contributed by atoms with van der Waals surface area (Å²) in [6.45, 7) is 2.69. The maximum absolute atomic E-state index is 6.18. The van der Waals surface area contributed by atoms with E-state index in [1.165, 1.54) is 5.56 Å². The predicted molar refractivity (Wildman–Crippen MR) is 100 cm³/mol. The summed E-state index contributed by atoms with van der Waals surface area (Å²) in [4.78, 5) is 8.85. The summed E-state index contributed by atoms with van der Waals surface area (Å²) in [7, 11) is 0. The van der Waals surface area contributed by atoms with Gasteiger partial charge in [0.15, 0.2) is 0 Å². The first-order chi connectivity index (χ1) is 11.7. The van der Waals surface area contributed by atoms with Crippen LogP contribution in [0, 0.1) is 6.92 Å². The highest BCUT2D eigenvalue weighted by molar-refractivity contribution is 6.33. The Morgan fingerprint density at radius 2 is 1.62 bits per heavy atom. The van der Waals surface area contributed by atoms with E-state index >= 15 is 0 Å². The van der Waals surface area contributed by atoms with Crippen LogP contribution in [0.3, 0.4) is 0 Å². The Morgan fingerprint density at radius 1 is 0.917 bits per heavy atom. The number of hydrogen-bond donors (Lipinski definition) is 2. The maximum Gasteiger partial charge on any atom is 0.136 e. The average molecular weight is 339 g/mol. The van der Waals surface area contributed by atoms with Crippen molar-refractivity contribution in [3.05, 3.63) is 77.1 Å². The molecule has 0 bridgehead atoms. The van der Waals surface area contributed by atoms with Gasteiger partial charge < -0.3 is 10.6 Å². The van der Waals surface area contributed by atoms with Crippen molar-refractivity contribution in [2.45, 2.75) is 13.3 Å². The minimum absolute atomic E-state index is 0.660. The second-order valence-electron chi connectivity index (χ2n) is 5.45. The Bertz CT molecular complexity index is 805. The monoisotopic (exact) mass is 338 g/mol. The molecule has 0 fully saturated rings. The molecule has 0 atom stereocenters. The Labute approximate surface area is 146 Å². The third-order valence-electron chi connectivity index (χ3n) is 3.54. The SMILES string of the molecule is Cc1nc(NCCc2ccccc2)cc(Nc2ccccc2Cl)n1. The molecule has 2 aromatic carbocycles. The standard InChI is InChI=1S/C19H19ClN4/c1-14-22-18(21-12-11-15-7-3-2-4-8-15)13-19(23-14)24-17-10-6-5-9-16(17)20/h2-10,13H,11-12H2,1H3,(H2,21,22,23,24). The van der Waals surface area contributed by atoms with Gasteiger partial charge in [0.25, 0.3) is 0 Å². The van der Waals surface area contributed by atoms with Gasteiger partial charge in [0.1, 0.15) is 17.5 Å². The van der Waals surface area contributed by atoms with E-state index in [4.69, 9.17) is 11.6 Å². The first-order valence-corrected chi connectivity index (χ1v) is 8.23. The van der Waals surface area contributed by atoms with Crippen LogP contribution in [0.1, 0.15) is 11.4 Å². The molecule has 4 nitrogen and oxygen atoms in total. The number of anilines is 3. The zero-order chi connectivity index (χ0) is 16.8. The van der Waals surface area contributed by atoms with Crippen LogP contribution >= 0.6 is 11.6 Å². The van der Waals surface area contributed by atoms with Gasteiger partial charge in [-0.05, 0) is 31.0 Å². The van der Waals surface area contributed by atoms with Gasteiger partial charge in [0, 0.05) is 12.6 Å². The van der Waals surface area contributed by atoms with E-state index < -0.39 is 0 Å². The number of aromatic nitrogens is 2. The Hall–Kier alpha value is -2.59. The van der Waals surface area contributed by atoms with Crippen molar-refractivity contribution in [1.82, 2.24) is 9.97 Å². The lowest BCUT2D eigenvalue weighted by molar-refractivity contribution is 0.983. The summed E-state index contributed by atoms with van der Waals surface area (Å²) >= 11 is 6.18. The molecule has 0 radical (unpaired) electrons. The van der Waals surface area contributed by atoms with Crippen LogP contribution in [-0.2, 0) is 6.42 Å². The van der Waals surface area contributed by atoms with Crippen molar-refractivity contribution in [2.75, 3.05) is 17.2 Å². The second kappa shape index (κ2) is 7.79. The lowest BCUT2D eigenvalue weighted by Gasteiger charge is -2.11. The highest BCUT2D eigenvalue weighted by Crippen LogP contribution is 2.24. The molecule has 122 valence electrons. The Balaban J connectivity index is 1.66. The third kappa shape index (κ3) is 4.46. The molecule has 2 N–H and O–H groups in total. The Kier molecular flexibility index (Phi) is 5.29. The average Bonchev–Trinajstić information content (AvgIpc) is 2.57. The molecule has 0 spiro atoms. The molecular formula is C19H19ClN4.